The topological polar surface area (TPSA) is 57.6 Å². The van der Waals surface area contributed by atoms with Gasteiger partial charge in [0.15, 0.2) is 0 Å². The molecule has 5 heteroatoms. The van der Waals surface area contributed by atoms with Crippen molar-refractivity contribution in [2.24, 2.45) is 11.8 Å². The lowest BCUT2D eigenvalue weighted by Gasteiger charge is -2.26. The van der Waals surface area contributed by atoms with Crippen LogP contribution < -0.4 is 0 Å². The van der Waals surface area contributed by atoms with Gasteiger partial charge in [-0.15, -0.1) is 0 Å². The Balaban J connectivity index is 2.64. The van der Waals surface area contributed by atoms with Crippen LogP contribution in [0.2, 0.25) is 0 Å². The van der Waals surface area contributed by atoms with E-state index in [4.69, 9.17) is 5.11 Å². The summed E-state index contributed by atoms with van der Waals surface area (Å²) in [5.41, 5.74) is 0.579. The van der Waals surface area contributed by atoms with E-state index in [-0.39, 0.29) is 30.1 Å². The summed E-state index contributed by atoms with van der Waals surface area (Å²) in [6.07, 6.45) is 0.955. The van der Waals surface area contributed by atoms with Gasteiger partial charge in [-0.2, -0.15) is 0 Å². The first-order chi connectivity index (χ1) is 10.3. The summed E-state index contributed by atoms with van der Waals surface area (Å²) in [4.78, 5) is 24.7. The Morgan fingerprint density at radius 1 is 1.23 bits per heavy atom. The maximum Gasteiger partial charge on any atom is 0.323 e. The van der Waals surface area contributed by atoms with Crippen molar-refractivity contribution >= 4 is 11.9 Å². The van der Waals surface area contributed by atoms with E-state index in [0.29, 0.717) is 24.9 Å². The van der Waals surface area contributed by atoms with Crippen molar-refractivity contribution in [2.75, 3.05) is 13.1 Å². The smallest absolute Gasteiger partial charge is 0.323 e. The Morgan fingerprint density at radius 2 is 1.86 bits per heavy atom. The number of benzene rings is 1. The molecule has 22 heavy (non-hydrogen) atoms. The molecule has 122 valence electrons. The van der Waals surface area contributed by atoms with Gasteiger partial charge in [-0.05, 0) is 30.4 Å². The minimum Gasteiger partial charge on any atom is -0.480 e. The van der Waals surface area contributed by atoms with Crippen molar-refractivity contribution in [3.05, 3.63) is 35.6 Å². The van der Waals surface area contributed by atoms with Crippen LogP contribution in [0.25, 0.3) is 0 Å². The van der Waals surface area contributed by atoms with E-state index in [9.17, 15) is 14.0 Å². The van der Waals surface area contributed by atoms with Gasteiger partial charge >= 0.3 is 5.97 Å². The minimum absolute atomic E-state index is 0.188. The zero-order valence-corrected chi connectivity index (χ0v) is 13.4. The molecule has 0 saturated carbocycles. The van der Waals surface area contributed by atoms with E-state index in [1.807, 2.05) is 13.8 Å². The fraction of sp³-hybridized carbons (Fsp3) is 0.529. The number of nitrogens with zero attached hydrogens (tertiary/aromatic N) is 1. The molecule has 0 saturated heterocycles. The normalized spacial score (nSPS) is 12.2. The predicted octanol–water partition coefficient (Wildman–Crippen LogP) is 2.96. The lowest BCUT2D eigenvalue weighted by molar-refractivity contribution is -0.146. The third kappa shape index (κ3) is 5.84. The molecule has 1 amide bonds. The number of carboxylic acid groups (broad SMARTS) is 1. The molecule has 1 aromatic carbocycles. The van der Waals surface area contributed by atoms with Gasteiger partial charge < -0.3 is 10.0 Å². The summed E-state index contributed by atoms with van der Waals surface area (Å²) >= 11 is 0. The third-order valence-electron chi connectivity index (χ3n) is 3.45. The molecular weight excluding hydrogens is 285 g/mol. The van der Waals surface area contributed by atoms with Crippen molar-refractivity contribution < 1.29 is 19.1 Å². The SMILES string of the molecule is CC(C)CN(CC(=O)O)C(=O)C(C)CCc1ccccc1F. The molecule has 0 radical (unpaired) electrons. The highest BCUT2D eigenvalue weighted by molar-refractivity contribution is 5.82. The predicted molar refractivity (Wildman–Crippen MR) is 82.9 cm³/mol. The van der Waals surface area contributed by atoms with Crippen molar-refractivity contribution in [3.63, 3.8) is 0 Å². The van der Waals surface area contributed by atoms with Crippen LogP contribution in [-0.4, -0.2) is 35.0 Å². The molecule has 0 fully saturated rings. The maximum atomic E-state index is 13.6. The quantitative estimate of drug-likeness (QED) is 0.803. The second-order valence-electron chi connectivity index (χ2n) is 6.04. The lowest BCUT2D eigenvalue weighted by atomic mass is 9.99. The monoisotopic (exact) mass is 309 g/mol. The second-order valence-corrected chi connectivity index (χ2v) is 6.04. The lowest BCUT2D eigenvalue weighted by Crippen LogP contribution is -2.41. The highest BCUT2D eigenvalue weighted by Crippen LogP contribution is 2.15. The number of carbonyl (C=O) groups excluding carboxylic acids is 1. The van der Waals surface area contributed by atoms with Gasteiger partial charge in [-0.1, -0.05) is 39.0 Å². The van der Waals surface area contributed by atoms with Gasteiger partial charge in [0.1, 0.15) is 12.4 Å². The Bertz CT molecular complexity index is 516. The Morgan fingerprint density at radius 3 is 2.41 bits per heavy atom. The number of aryl methyl sites for hydroxylation is 1. The summed E-state index contributed by atoms with van der Waals surface area (Å²) in [5.74, 6) is -1.62. The Kier molecular flexibility index (Phi) is 7.02. The van der Waals surface area contributed by atoms with Gasteiger partial charge in [-0.25, -0.2) is 4.39 Å². The first kappa shape index (κ1) is 18.1. The number of amides is 1. The number of rotatable bonds is 8. The van der Waals surface area contributed by atoms with Crippen molar-refractivity contribution in [1.82, 2.24) is 4.90 Å². The second kappa shape index (κ2) is 8.51. The largest absolute Gasteiger partial charge is 0.480 e. The summed E-state index contributed by atoms with van der Waals surface area (Å²) in [5, 5.41) is 8.93. The van der Waals surface area contributed by atoms with Crippen LogP contribution in [0.3, 0.4) is 0 Å². The van der Waals surface area contributed by atoms with Crippen molar-refractivity contribution in [1.29, 1.82) is 0 Å². The summed E-state index contributed by atoms with van der Waals surface area (Å²) in [6.45, 7) is 5.76. The molecule has 0 aliphatic heterocycles. The van der Waals surface area contributed by atoms with Gasteiger partial charge in [0.25, 0.3) is 0 Å². The molecule has 0 aliphatic carbocycles. The number of halogens is 1. The van der Waals surface area contributed by atoms with Crippen LogP contribution in [0.15, 0.2) is 24.3 Å². The molecule has 1 atom stereocenters. The third-order valence-corrected chi connectivity index (χ3v) is 3.45. The van der Waals surface area contributed by atoms with E-state index >= 15 is 0 Å². The van der Waals surface area contributed by atoms with Crippen LogP contribution >= 0.6 is 0 Å². The number of carbonyl (C=O) groups is 2. The fourth-order valence-electron chi connectivity index (χ4n) is 2.34. The summed E-state index contributed by atoms with van der Waals surface area (Å²) < 4.78 is 13.6. The summed E-state index contributed by atoms with van der Waals surface area (Å²) in [6, 6.07) is 6.50. The fourth-order valence-corrected chi connectivity index (χ4v) is 2.34. The summed E-state index contributed by atoms with van der Waals surface area (Å²) in [7, 11) is 0. The minimum atomic E-state index is -1.02. The maximum absolute atomic E-state index is 13.6. The molecule has 0 bridgehead atoms. The molecule has 1 aromatic rings. The van der Waals surface area contributed by atoms with Crippen LogP contribution in [0, 0.1) is 17.7 Å². The van der Waals surface area contributed by atoms with E-state index < -0.39 is 5.97 Å². The highest BCUT2D eigenvalue weighted by atomic mass is 19.1. The van der Waals surface area contributed by atoms with Crippen LogP contribution in [0.5, 0.6) is 0 Å². The molecule has 0 aliphatic rings. The van der Waals surface area contributed by atoms with E-state index in [1.165, 1.54) is 11.0 Å². The molecule has 1 rings (SSSR count). The van der Waals surface area contributed by atoms with Gasteiger partial charge in [0, 0.05) is 12.5 Å². The van der Waals surface area contributed by atoms with E-state index in [2.05, 4.69) is 0 Å². The van der Waals surface area contributed by atoms with Gasteiger partial charge in [0.2, 0.25) is 5.91 Å². The molecular formula is C17H24FNO3. The molecule has 0 heterocycles. The first-order valence-corrected chi connectivity index (χ1v) is 7.55. The Labute approximate surface area is 130 Å². The number of hydrogen-bond acceptors (Lipinski definition) is 2. The van der Waals surface area contributed by atoms with Crippen LogP contribution in [0.1, 0.15) is 32.8 Å². The molecule has 1 unspecified atom stereocenters. The molecule has 4 nitrogen and oxygen atoms in total. The molecule has 0 aromatic heterocycles. The number of carboxylic acids is 1. The Hall–Kier alpha value is -1.91. The molecule has 1 N–H and O–H groups in total. The average Bonchev–Trinajstić information content (AvgIpc) is 2.43. The molecule has 0 spiro atoms. The zero-order chi connectivity index (χ0) is 16.7. The van der Waals surface area contributed by atoms with Crippen LogP contribution in [0.4, 0.5) is 4.39 Å². The average molecular weight is 309 g/mol. The van der Waals surface area contributed by atoms with Gasteiger partial charge in [-0.3, -0.25) is 9.59 Å². The number of hydrogen-bond donors (Lipinski definition) is 1. The number of aliphatic carboxylic acids is 1. The van der Waals surface area contributed by atoms with Crippen molar-refractivity contribution in [3.8, 4) is 0 Å². The zero-order valence-electron chi connectivity index (χ0n) is 13.4. The van der Waals surface area contributed by atoms with E-state index in [1.54, 1.807) is 25.1 Å². The van der Waals surface area contributed by atoms with Crippen molar-refractivity contribution in [2.45, 2.75) is 33.6 Å². The highest BCUT2D eigenvalue weighted by Gasteiger charge is 2.23. The van der Waals surface area contributed by atoms with Gasteiger partial charge in [0.05, 0.1) is 0 Å². The van der Waals surface area contributed by atoms with E-state index in [0.717, 1.165) is 0 Å². The van der Waals surface area contributed by atoms with Crippen LogP contribution in [-0.2, 0) is 16.0 Å². The first-order valence-electron chi connectivity index (χ1n) is 7.55. The standard InChI is InChI=1S/C17H24FNO3/c1-12(2)10-19(11-16(20)21)17(22)13(3)8-9-14-6-4-5-7-15(14)18/h4-7,12-13H,8-11H2,1-3H3,(H,20,21).